The molecule has 0 amide bonds. The highest BCUT2D eigenvalue weighted by Crippen LogP contribution is 2.62. The summed E-state index contributed by atoms with van der Waals surface area (Å²) in [7, 11) is 0. The van der Waals surface area contributed by atoms with Crippen LogP contribution in [0.5, 0.6) is 0 Å². The van der Waals surface area contributed by atoms with E-state index in [1.807, 2.05) is 36.4 Å². The summed E-state index contributed by atoms with van der Waals surface area (Å²) in [5.41, 5.74) is 10.4. The first-order valence-corrected chi connectivity index (χ1v) is 16.1. The van der Waals surface area contributed by atoms with E-state index < -0.39 is 0 Å². The Labute approximate surface area is 240 Å². The Hall–Kier alpha value is -2.55. The lowest BCUT2D eigenvalue weighted by Crippen LogP contribution is -2.54. The maximum absolute atomic E-state index is 6.90. The smallest absolute Gasteiger partial charge is 0.214 e. The van der Waals surface area contributed by atoms with Crippen molar-refractivity contribution in [2.75, 3.05) is 6.54 Å². The van der Waals surface area contributed by atoms with Gasteiger partial charge in [-0.1, -0.05) is 73.3 Å². The van der Waals surface area contributed by atoms with E-state index in [-0.39, 0.29) is 5.54 Å². The number of hydrogen-bond acceptors (Lipinski definition) is 3. The first-order valence-electron chi connectivity index (χ1n) is 16.1. The van der Waals surface area contributed by atoms with Gasteiger partial charge >= 0.3 is 0 Å². The van der Waals surface area contributed by atoms with Crippen LogP contribution in [0, 0.1) is 41.0 Å². The van der Waals surface area contributed by atoms with Gasteiger partial charge in [-0.2, -0.15) is 0 Å². The molecule has 4 heteroatoms. The van der Waals surface area contributed by atoms with Gasteiger partial charge in [0.25, 0.3) is 0 Å². The van der Waals surface area contributed by atoms with Crippen molar-refractivity contribution < 1.29 is 0 Å². The highest BCUT2D eigenvalue weighted by Gasteiger charge is 2.59. The number of benzene rings is 2. The van der Waals surface area contributed by atoms with Gasteiger partial charge < -0.3 is 0 Å². The van der Waals surface area contributed by atoms with Crippen LogP contribution in [-0.4, -0.2) is 22.5 Å². The van der Waals surface area contributed by atoms with E-state index in [2.05, 4.69) is 51.8 Å². The second-order valence-corrected chi connectivity index (χ2v) is 14.7. The van der Waals surface area contributed by atoms with Gasteiger partial charge in [0.05, 0.1) is 0 Å². The number of hydrogen-bond donors (Lipinski definition) is 1. The minimum absolute atomic E-state index is 0.122. The fourth-order valence-electron chi connectivity index (χ4n) is 10.9. The van der Waals surface area contributed by atoms with Crippen LogP contribution in [-0.2, 0) is 0 Å². The van der Waals surface area contributed by atoms with E-state index in [4.69, 9.17) is 5.53 Å². The highest BCUT2D eigenvalue weighted by atomic mass is 15.4. The minimum atomic E-state index is 0.122. The summed E-state index contributed by atoms with van der Waals surface area (Å²) in [6.45, 7) is 4.96. The average molecular weight is 536 g/mol. The Morgan fingerprint density at radius 3 is 1.57 bits per heavy atom. The molecule has 1 saturated heterocycles. The fraction of sp³-hybridized carbons (Fsp3) is 0.611. The molecule has 9 aliphatic rings. The summed E-state index contributed by atoms with van der Waals surface area (Å²) in [5, 5.41) is 4.21. The van der Waals surface area contributed by atoms with Crippen molar-refractivity contribution in [2.45, 2.75) is 94.2 Å². The zero-order chi connectivity index (χ0) is 27.2. The first kappa shape index (κ1) is 26.4. The summed E-state index contributed by atoms with van der Waals surface area (Å²) in [6.07, 6.45) is 19.0. The fourth-order valence-corrected chi connectivity index (χ4v) is 10.9. The molecule has 4 nitrogen and oxygen atoms in total. The molecule has 1 N–H and O–H groups in total. The number of nitrogens with one attached hydrogen (secondary N) is 1. The predicted octanol–water partition coefficient (Wildman–Crippen LogP) is 8.85. The second kappa shape index (κ2) is 10.7. The molecule has 210 valence electrons. The Bertz CT molecular complexity index is 1160. The molecule has 2 atom stereocenters. The third-order valence-electron chi connectivity index (χ3n) is 11.7. The third-order valence-corrected chi connectivity index (χ3v) is 11.7. The van der Waals surface area contributed by atoms with E-state index in [9.17, 15) is 0 Å². The number of nitrogens with zero attached hydrogens (tertiary/aromatic N) is 3. The summed E-state index contributed by atoms with van der Waals surface area (Å²) in [4.78, 5) is 6.17. The maximum Gasteiger partial charge on any atom is 0.214 e. The molecule has 0 aromatic heterocycles. The maximum atomic E-state index is 6.90. The van der Waals surface area contributed by atoms with Gasteiger partial charge in [0, 0.05) is 18.1 Å². The normalized spacial score (nSPS) is 42.5. The molecule has 8 aliphatic carbocycles. The van der Waals surface area contributed by atoms with Crippen molar-refractivity contribution in [3.05, 3.63) is 78.4 Å². The van der Waals surface area contributed by atoms with Crippen molar-refractivity contribution >= 4 is 6.08 Å². The third kappa shape index (κ3) is 5.26. The van der Waals surface area contributed by atoms with Gasteiger partial charge in [-0.3, -0.25) is 4.90 Å². The van der Waals surface area contributed by atoms with Crippen molar-refractivity contribution in [3.63, 3.8) is 0 Å². The predicted molar refractivity (Wildman–Crippen MR) is 162 cm³/mol. The Morgan fingerprint density at radius 1 is 0.700 bits per heavy atom. The zero-order valence-corrected chi connectivity index (χ0v) is 24.1. The molecule has 8 saturated carbocycles. The zero-order valence-electron chi connectivity index (χ0n) is 24.1. The van der Waals surface area contributed by atoms with Gasteiger partial charge in [-0.25, -0.2) is 0 Å². The Balaban J connectivity index is 0.000000109. The lowest BCUT2D eigenvalue weighted by molar-refractivity contribution is -0.0534. The van der Waals surface area contributed by atoms with Crippen molar-refractivity contribution in [3.8, 4) is 0 Å². The first-order chi connectivity index (χ1) is 19.6. The lowest BCUT2D eigenvalue weighted by Gasteiger charge is -2.57. The highest BCUT2D eigenvalue weighted by molar-refractivity contribution is 5.45. The van der Waals surface area contributed by atoms with Crippen LogP contribution in [0.3, 0.4) is 0 Å². The molecule has 1 heterocycles. The van der Waals surface area contributed by atoms with Crippen LogP contribution in [0.25, 0.3) is 6.08 Å². The van der Waals surface area contributed by atoms with Crippen LogP contribution < -0.4 is 4.91 Å². The summed E-state index contributed by atoms with van der Waals surface area (Å²) >= 11 is 0. The Morgan fingerprint density at radius 2 is 1.15 bits per heavy atom. The van der Waals surface area contributed by atoms with Crippen LogP contribution in [0.15, 0.2) is 72.4 Å². The summed E-state index contributed by atoms with van der Waals surface area (Å²) < 4.78 is 0. The van der Waals surface area contributed by atoms with Crippen LogP contribution in [0.2, 0.25) is 0 Å². The van der Waals surface area contributed by atoms with Gasteiger partial charge in [-0.15, -0.1) is 0 Å². The molecule has 2 aromatic rings. The lowest BCUT2D eigenvalue weighted by atomic mass is 9.53. The SMILES string of the molecule is C=Cc1ccccc1.N=[N+]=NC12CC3CC(CC(C3)C1)C2.c1ccc(C2CN2C23CC4CC(CC(C4)C2)C3)cc1. The molecule has 9 fully saturated rings. The van der Waals surface area contributed by atoms with Gasteiger partial charge in [0.2, 0.25) is 4.91 Å². The molecular weight excluding hydrogens is 488 g/mol. The van der Waals surface area contributed by atoms with Crippen molar-refractivity contribution in [1.29, 1.82) is 5.53 Å². The molecule has 40 heavy (non-hydrogen) atoms. The average Bonchev–Trinajstić information content (AvgIpc) is 3.76. The molecular formula is C36H47N4+. The Kier molecular flexibility index (Phi) is 7.05. The summed E-state index contributed by atoms with van der Waals surface area (Å²) in [5.74, 6) is 5.96. The second-order valence-electron chi connectivity index (χ2n) is 14.7. The van der Waals surface area contributed by atoms with Crippen molar-refractivity contribution in [1.82, 2.24) is 9.81 Å². The monoisotopic (exact) mass is 535 g/mol. The molecule has 0 spiro atoms. The van der Waals surface area contributed by atoms with Crippen LogP contribution in [0.4, 0.5) is 0 Å². The van der Waals surface area contributed by atoms with Gasteiger partial charge in [-0.05, 0) is 124 Å². The van der Waals surface area contributed by atoms with Crippen LogP contribution in [0.1, 0.15) is 94.2 Å². The summed E-state index contributed by atoms with van der Waals surface area (Å²) in [6, 6.07) is 22.0. The molecule has 8 bridgehead atoms. The molecule has 0 radical (unpaired) electrons. The van der Waals surface area contributed by atoms with Crippen LogP contribution >= 0.6 is 0 Å². The van der Waals surface area contributed by atoms with E-state index in [1.54, 1.807) is 24.8 Å². The van der Waals surface area contributed by atoms with E-state index in [0.29, 0.717) is 5.54 Å². The molecule has 2 aromatic carbocycles. The van der Waals surface area contributed by atoms with E-state index in [0.717, 1.165) is 41.5 Å². The quantitative estimate of drug-likeness (QED) is 0.237. The minimum Gasteiger partial charge on any atom is -0.287 e. The molecule has 11 rings (SSSR count). The van der Waals surface area contributed by atoms with E-state index >= 15 is 0 Å². The topological polar surface area (TPSA) is 53.3 Å². The van der Waals surface area contributed by atoms with Gasteiger partial charge in [0.1, 0.15) is 16.2 Å². The largest absolute Gasteiger partial charge is 0.287 e. The van der Waals surface area contributed by atoms with Gasteiger partial charge in [0.15, 0.2) is 0 Å². The molecule has 1 aliphatic heterocycles. The number of rotatable bonds is 4. The standard InChI is InChI=1S/C18H23N.C10H16N3.C8H8/c1-2-4-16(5-3-1)17-12-19(17)18-9-13-6-14(10-18)8-15(7-13)11-18;11-13-12-10-4-7-1-8(5-10)3-9(2-7)6-10;1-2-8-6-4-3-5-7-8/h1-5,13-15,17H,6-12H2;7-9,11H,1-6H2;2-7H,1H2/q;+1;. The van der Waals surface area contributed by atoms with Crippen molar-refractivity contribution in [2.24, 2.45) is 40.6 Å². The molecule has 2 unspecified atom stereocenters. The van der Waals surface area contributed by atoms with E-state index in [1.165, 1.54) is 69.9 Å².